The maximum atomic E-state index is 14.1. The summed E-state index contributed by atoms with van der Waals surface area (Å²) in [6.07, 6.45) is 3.56. The monoisotopic (exact) mass is 316 g/mol. The minimum absolute atomic E-state index is 0.0896. The van der Waals surface area contributed by atoms with Crippen LogP contribution in [0.5, 0.6) is 0 Å². The number of sulfonamides is 1. The molecular formula is C14H21FN2O3S. The van der Waals surface area contributed by atoms with Gasteiger partial charge in [-0.15, -0.1) is 0 Å². The van der Waals surface area contributed by atoms with Gasteiger partial charge in [0.05, 0.1) is 22.7 Å². The van der Waals surface area contributed by atoms with Gasteiger partial charge in [-0.2, -0.15) is 0 Å². The van der Waals surface area contributed by atoms with Gasteiger partial charge < -0.3 is 10.4 Å². The first kappa shape index (κ1) is 16.2. The Morgan fingerprint density at radius 3 is 2.76 bits per heavy atom. The lowest BCUT2D eigenvalue weighted by Crippen LogP contribution is -2.46. The van der Waals surface area contributed by atoms with Crippen LogP contribution >= 0.6 is 0 Å². The molecule has 4 N–H and O–H groups in total. The van der Waals surface area contributed by atoms with E-state index in [0.717, 1.165) is 31.7 Å². The van der Waals surface area contributed by atoms with Crippen molar-refractivity contribution in [2.24, 2.45) is 11.1 Å². The molecule has 0 aliphatic heterocycles. The Labute approximate surface area is 124 Å². The van der Waals surface area contributed by atoms with Gasteiger partial charge in [-0.25, -0.2) is 17.9 Å². The Hall–Kier alpha value is -1.18. The largest absolute Gasteiger partial charge is 0.394 e. The van der Waals surface area contributed by atoms with Crippen LogP contribution in [0.25, 0.3) is 0 Å². The lowest BCUT2D eigenvalue weighted by atomic mass is 9.76. The Balaban J connectivity index is 2.26. The second kappa shape index (κ2) is 5.90. The van der Waals surface area contributed by atoms with Crippen molar-refractivity contribution in [3.63, 3.8) is 0 Å². The number of aliphatic hydroxyl groups excluding tert-OH is 1. The molecule has 2 rings (SSSR count). The maximum absolute atomic E-state index is 14.1. The SMILES string of the molecule is CC1CCCC(CO)(Nc2ccc(S(N)(=O)=O)cc2F)C1. The molecular weight excluding hydrogens is 295 g/mol. The third-order valence-corrected chi connectivity index (χ3v) is 4.97. The molecule has 2 atom stereocenters. The topological polar surface area (TPSA) is 92.4 Å². The van der Waals surface area contributed by atoms with E-state index in [-0.39, 0.29) is 17.2 Å². The summed E-state index contributed by atoms with van der Waals surface area (Å²) in [6, 6.07) is 3.51. The van der Waals surface area contributed by atoms with E-state index in [9.17, 15) is 17.9 Å². The van der Waals surface area contributed by atoms with Crippen molar-refractivity contribution in [1.82, 2.24) is 0 Å². The summed E-state index contributed by atoms with van der Waals surface area (Å²) >= 11 is 0. The van der Waals surface area contributed by atoms with Gasteiger partial charge >= 0.3 is 0 Å². The van der Waals surface area contributed by atoms with Crippen LogP contribution in [0, 0.1) is 11.7 Å². The number of anilines is 1. The fourth-order valence-electron chi connectivity index (χ4n) is 3.02. The van der Waals surface area contributed by atoms with Crippen LogP contribution < -0.4 is 10.5 Å². The molecule has 21 heavy (non-hydrogen) atoms. The summed E-state index contributed by atoms with van der Waals surface area (Å²) in [7, 11) is -3.92. The van der Waals surface area contributed by atoms with Crippen molar-refractivity contribution < 1.29 is 17.9 Å². The molecule has 7 heteroatoms. The maximum Gasteiger partial charge on any atom is 0.238 e. The molecule has 0 spiro atoms. The summed E-state index contributed by atoms with van der Waals surface area (Å²) < 4.78 is 36.5. The molecule has 0 aromatic heterocycles. The number of hydrogen-bond donors (Lipinski definition) is 3. The zero-order chi connectivity index (χ0) is 15.7. The quantitative estimate of drug-likeness (QED) is 0.790. The van der Waals surface area contributed by atoms with Crippen LogP contribution in [0.3, 0.4) is 0 Å². The van der Waals surface area contributed by atoms with E-state index in [1.165, 1.54) is 12.1 Å². The third kappa shape index (κ3) is 3.72. The van der Waals surface area contributed by atoms with Crippen molar-refractivity contribution in [3.05, 3.63) is 24.0 Å². The Bertz CT molecular complexity index is 621. The second-order valence-electron chi connectivity index (χ2n) is 5.95. The first-order valence-electron chi connectivity index (χ1n) is 6.97. The molecule has 0 heterocycles. The predicted octanol–water partition coefficient (Wildman–Crippen LogP) is 1.83. The third-order valence-electron chi connectivity index (χ3n) is 4.06. The van der Waals surface area contributed by atoms with Gasteiger partial charge in [-0.1, -0.05) is 19.8 Å². The number of halogens is 1. The normalized spacial score (nSPS) is 26.6. The number of primary sulfonamides is 1. The Morgan fingerprint density at radius 1 is 1.52 bits per heavy atom. The molecule has 0 radical (unpaired) electrons. The van der Waals surface area contributed by atoms with Crippen molar-refractivity contribution in [2.75, 3.05) is 11.9 Å². The zero-order valence-electron chi connectivity index (χ0n) is 12.0. The van der Waals surface area contributed by atoms with E-state index in [4.69, 9.17) is 5.14 Å². The second-order valence-corrected chi connectivity index (χ2v) is 7.51. The van der Waals surface area contributed by atoms with Crippen molar-refractivity contribution in [3.8, 4) is 0 Å². The average molecular weight is 316 g/mol. The van der Waals surface area contributed by atoms with Crippen LogP contribution in [-0.2, 0) is 10.0 Å². The number of benzene rings is 1. The summed E-state index contributed by atoms with van der Waals surface area (Å²) in [5.74, 6) is -0.238. The Morgan fingerprint density at radius 2 is 2.24 bits per heavy atom. The standard InChI is InChI=1S/C14H21FN2O3S/c1-10-3-2-6-14(8-10,9-18)17-13-5-4-11(7-12(13)15)21(16,19)20/h4-5,7,10,17-18H,2-3,6,8-9H2,1H3,(H2,16,19,20). The highest BCUT2D eigenvalue weighted by Crippen LogP contribution is 2.35. The first-order chi connectivity index (χ1) is 9.76. The van der Waals surface area contributed by atoms with Crippen LogP contribution in [0.2, 0.25) is 0 Å². The van der Waals surface area contributed by atoms with E-state index < -0.39 is 21.4 Å². The van der Waals surface area contributed by atoms with Gasteiger partial charge in [0.15, 0.2) is 0 Å². The van der Waals surface area contributed by atoms with E-state index in [0.29, 0.717) is 5.92 Å². The highest BCUT2D eigenvalue weighted by molar-refractivity contribution is 7.89. The van der Waals surface area contributed by atoms with E-state index in [1.807, 2.05) is 0 Å². The molecule has 1 aliphatic carbocycles. The van der Waals surface area contributed by atoms with Gasteiger partial charge in [0.1, 0.15) is 5.82 Å². The fourth-order valence-corrected chi connectivity index (χ4v) is 3.54. The van der Waals surface area contributed by atoms with Gasteiger partial charge in [0.25, 0.3) is 0 Å². The molecule has 1 fully saturated rings. The lowest BCUT2D eigenvalue weighted by Gasteiger charge is -2.40. The summed E-state index contributed by atoms with van der Waals surface area (Å²) in [5.41, 5.74) is -0.368. The molecule has 1 aromatic carbocycles. The van der Waals surface area contributed by atoms with Crippen LogP contribution in [0.1, 0.15) is 32.6 Å². The number of nitrogens with one attached hydrogen (secondary N) is 1. The molecule has 0 saturated heterocycles. The molecule has 1 aliphatic rings. The van der Waals surface area contributed by atoms with Crippen LogP contribution in [0.15, 0.2) is 23.1 Å². The van der Waals surface area contributed by atoms with Crippen molar-refractivity contribution in [2.45, 2.75) is 43.0 Å². The van der Waals surface area contributed by atoms with Gasteiger partial charge in [-0.05, 0) is 37.0 Å². The van der Waals surface area contributed by atoms with Crippen molar-refractivity contribution in [1.29, 1.82) is 0 Å². The number of nitrogens with two attached hydrogens (primary N) is 1. The first-order valence-corrected chi connectivity index (χ1v) is 8.52. The van der Waals surface area contributed by atoms with Gasteiger partial charge in [-0.3, -0.25) is 0 Å². The zero-order valence-corrected chi connectivity index (χ0v) is 12.8. The average Bonchev–Trinajstić information content (AvgIpc) is 2.40. The Kier molecular flexibility index (Phi) is 4.55. The van der Waals surface area contributed by atoms with Crippen molar-refractivity contribution >= 4 is 15.7 Å². The number of rotatable bonds is 4. The predicted molar refractivity (Wildman–Crippen MR) is 78.8 cm³/mol. The fraction of sp³-hybridized carbons (Fsp3) is 0.571. The molecule has 5 nitrogen and oxygen atoms in total. The van der Waals surface area contributed by atoms with Gasteiger partial charge in [0.2, 0.25) is 10.0 Å². The molecule has 2 unspecified atom stereocenters. The van der Waals surface area contributed by atoms with Crippen LogP contribution in [-0.4, -0.2) is 25.7 Å². The van der Waals surface area contributed by atoms with Gasteiger partial charge in [0, 0.05) is 0 Å². The lowest BCUT2D eigenvalue weighted by molar-refractivity contribution is 0.149. The highest BCUT2D eigenvalue weighted by atomic mass is 32.2. The van der Waals surface area contributed by atoms with E-state index in [2.05, 4.69) is 12.2 Å². The molecule has 1 aromatic rings. The minimum Gasteiger partial charge on any atom is -0.394 e. The highest BCUT2D eigenvalue weighted by Gasteiger charge is 2.34. The van der Waals surface area contributed by atoms with E-state index in [1.54, 1.807) is 0 Å². The summed E-state index contributed by atoms with van der Waals surface area (Å²) in [6.45, 7) is 2.01. The van der Waals surface area contributed by atoms with Crippen LogP contribution in [0.4, 0.5) is 10.1 Å². The number of hydrogen-bond acceptors (Lipinski definition) is 4. The molecule has 0 amide bonds. The van der Waals surface area contributed by atoms with E-state index >= 15 is 0 Å². The molecule has 118 valence electrons. The summed E-state index contributed by atoms with van der Waals surface area (Å²) in [5, 5.41) is 17.7. The number of aliphatic hydroxyl groups is 1. The molecule has 0 bridgehead atoms. The summed E-state index contributed by atoms with van der Waals surface area (Å²) in [4.78, 5) is -0.263. The molecule has 1 saturated carbocycles. The minimum atomic E-state index is -3.92. The smallest absolute Gasteiger partial charge is 0.238 e.